The van der Waals surface area contributed by atoms with Crippen LogP contribution in [0.25, 0.3) is 0 Å². The zero-order valence-electron chi connectivity index (χ0n) is 11.1. The smallest absolute Gasteiger partial charge is 0.320 e. The highest BCUT2D eigenvalue weighted by Gasteiger charge is 2.20. The van der Waals surface area contributed by atoms with Crippen molar-refractivity contribution in [2.45, 2.75) is 39.8 Å². The number of aliphatic carboxylic acids is 1. The monoisotopic (exact) mass is 266 g/mol. The van der Waals surface area contributed by atoms with Gasteiger partial charge in [-0.2, -0.15) is 0 Å². The molecule has 0 saturated heterocycles. The Bertz CT molecular complexity index is 259. The van der Waals surface area contributed by atoms with Gasteiger partial charge in [0.2, 0.25) is 5.91 Å². The summed E-state index contributed by atoms with van der Waals surface area (Å²) in [5.41, 5.74) is 0. The molecule has 2 unspecified atom stereocenters. The quantitative estimate of drug-likeness (QED) is 0.752. The lowest BCUT2D eigenvalue weighted by Crippen LogP contribution is -2.45. The number of carbonyl (C=O) groups excluding carboxylic acids is 1. The van der Waals surface area contributed by atoms with E-state index in [-0.39, 0.29) is 30.9 Å². The zero-order chi connectivity index (χ0) is 12.9. The fourth-order valence-corrected chi connectivity index (χ4v) is 1.02. The first-order valence-corrected chi connectivity index (χ1v) is 5.48. The third-order valence-electron chi connectivity index (χ3n) is 2.80. The molecular weight excluding hydrogens is 244 g/mol. The van der Waals surface area contributed by atoms with E-state index >= 15 is 0 Å². The molecule has 0 aromatic carbocycles. The average molecular weight is 267 g/mol. The standard InChI is InChI=1S/C11H22N2O3.ClH/c1-7(2)8(3)12-10(14)6-13(5)9(4)11(15)16;/h7-9H,6H2,1-5H3,(H,12,14)(H,15,16);1H. The third-order valence-corrected chi connectivity index (χ3v) is 2.80. The van der Waals surface area contributed by atoms with E-state index in [1.165, 1.54) is 4.90 Å². The van der Waals surface area contributed by atoms with Crippen molar-refractivity contribution in [2.75, 3.05) is 13.6 Å². The molecule has 0 aromatic heterocycles. The van der Waals surface area contributed by atoms with E-state index in [1.807, 2.05) is 20.8 Å². The summed E-state index contributed by atoms with van der Waals surface area (Å²) < 4.78 is 0. The van der Waals surface area contributed by atoms with Crippen LogP contribution in [0, 0.1) is 5.92 Å². The van der Waals surface area contributed by atoms with Gasteiger partial charge in [-0.25, -0.2) is 0 Å². The highest BCUT2D eigenvalue weighted by Crippen LogP contribution is 2.00. The van der Waals surface area contributed by atoms with Crippen LogP contribution in [-0.2, 0) is 9.59 Å². The highest BCUT2D eigenvalue weighted by atomic mass is 35.5. The second kappa shape index (κ2) is 8.31. The lowest BCUT2D eigenvalue weighted by Gasteiger charge is -2.23. The van der Waals surface area contributed by atoms with E-state index in [2.05, 4.69) is 5.32 Å². The molecule has 0 bridgehead atoms. The summed E-state index contributed by atoms with van der Waals surface area (Å²) in [4.78, 5) is 23.7. The number of hydrogen-bond acceptors (Lipinski definition) is 3. The van der Waals surface area contributed by atoms with E-state index in [0.29, 0.717) is 5.92 Å². The van der Waals surface area contributed by atoms with Crippen LogP contribution < -0.4 is 5.32 Å². The second-order valence-corrected chi connectivity index (χ2v) is 4.53. The predicted molar refractivity (Wildman–Crippen MR) is 69.4 cm³/mol. The SMILES string of the molecule is CC(C)C(C)NC(=O)CN(C)C(C)C(=O)O.Cl. The van der Waals surface area contributed by atoms with E-state index < -0.39 is 12.0 Å². The molecule has 17 heavy (non-hydrogen) atoms. The van der Waals surface area contributed by atoms with Gasteiger partial charge in [0.1, 0.15) is 6.04 Å². The van der Waals surface area contributed by atoms with Gasteiger partial charge in [-0.05, 0) is 26.8 Å². The predicted octanol–water partition coefficient (Wildman–Crippen LogP) is 0.974. The first-order valence-electron chi connectivity index (χ1n) is 5.48. The van der Waals surface area contributed by atoms with Crippen LogP contribution >= 0.6 is 12.4 Å². The molecule has 0 aromatic rings. The van der Waals surface area contributed by atoms with E-state index in [0.717, 1.165) is 0 Å². The Hall–Kier alpha value is -0.810. The molecule has 0 aliphatic carbocycles. The zero-order valence-corrected chi connectivity index (χ0v) is 11.9. The van der Waals surface area contributed by atoms with Gasteiger partial charge in [0.25, 0.3) is 0 Å². The normalized spacial score (nSPS) is 14.1. The fourth-order valence-electron chi connectivity index (χ4n) is 1.02. The summed E-state index contributed by atoms with van der Waals surface area (Å²) in [7, 11) is 1.62. The minimum atomic E-state index is -0.924. The molecular formula is C11H23ClN2O3. The minimum absolute atomic E-state index is 0. The van der Waals surface area contributed by atoms with Gasteiger partial charge in [-0.3, -0.25) is 14.5 Å². The van der Waals surface area contributed by atoms with Crippen LogP contribution in [0.4, 0.5) is 0 Å². The molecule has 0 aliphatic rings. The van der Waals surface area contributed by atoms with E-state index in [1.54, 1.807) is 14.0 Å². The summed E-state index contributed by atoms with van der Waals surface area (Å²) in [6.07, 6.45) is 0. The first-order chi connectivity index (χ1) is 7.25. The Morgan fingerprint density at radius 1 is 1.24 bits per heavy atom. The van der Waals surface area contributed by atoms with Gasteiger partial charge >= 0.3 is 5.97 Å². The lowest BCUT2D eigenvalue weighted by molar-refractivity contribution is -0.142. The molecule has 0 spiro atoms. The summed E-state index contributed by atoms with van der Waals surface area (Å²) in [6, 6.07) is -0.554. The van der Waals surface area contributed by atoms with Gasteiger partial charge < -0.3 is 10.4 Å². The maximum Gasteiger partial charge on any atom is 0.320 e. The first kappa shape index (κ1) is 18.6. The number of carbonyl (C=O) groups is 2. The van der Waals surface area contributed by atoms with Crippen LogP contribution in [0.3, 0.4) is 0 Å². The van der Waals surface area contributed by atoms with Crippen molar-refractivity contribution in [3.8, 4) is 0 Å². The summed E-state index contributed by atoms with van der Waals surface area (Å²) in [5, 5.41) is 11.6. The van der Waals surface area contributed by atoms with Crippen LogP contribution in [0.1, 0.15) is 27.7 Å². The molecule has 0 rings (SSSR count). The molecule has 0 radical (unpaired) electrons. The van der Waals surface area contributed by atoms with Crippen molar-refractivity contribution < 1.29 is 14.7 Å². The molecule has 0 heterocycles. The molecule has 0 fully saturated rings. The minimum Gasteiger partial charge on any atom is -0.480 e. The Kier molecular flexibility index (Phi) is 9.06. The number of likely N-dealkylation sites (N-methyl/N-ethyl adjacent to an activating group) is 1. The Labute approximate surface area is 109 Å². The third kappa shape index (κ3) is 7.18. The second-order valence-electron chi connectivity index (χ2n) is 4.53. The molecule has 0 saturated carbocycles. The molecule has 2 atom stereocenters. The number of carboxylic acid groups (broad SMARTS) is 1. The van der Waals surface area contributed by atoms with Gasteiger partial charge in [-0.1, -0.05) is 13.8 Å². The molecule has 0 aliphatic heterocycles. The summed E-state index contributed by atoms with van der Waals surface area (Å²) in [6.45, 7) is 7.64. The topological polar surface area (TPSA) is 69.6 Å². The maximum atomic E-state index is 11.5. The van der Waals surface area contributed by atoms with Crippen LogP contribution in [0.2, 0.25) is 0 Å². The van der Waals surface area contributed by atoms with Crippen LogP contribution in [-0.4, -0.2) is 47.6 Å². The number of nitrogens with one attached hydrogen (secondary N) is 1. The van der Waals surface area contributed by atoms with Crippen LogP contribution in [0.15, 0.2) is 0 Å². The fraction of sp³-hybridized carbons (Fsp3) is 0.818. The summed E-state index contributed by atoms with van der Waals surface area (Å²) in [5.74, 6) is -0.699. The van der Waals surface area contributed by atoms with Gasteiger partial charge in [-0.15, -0.1) is 12.4 Å². The van der Waals surface area contributed by atoms with Crippen LogP contribution in [0.5, 0.6) is 0 Å². The van der Waals surface area contributed by atoms with Crippen molar-refractivity contribution in [3.63, 3.8) is 0 Å². The molecule has 102 valence electrons. The Balaban J connectivity index is 0. The number of halogens is 1. The molecule has 2 N–H and O–H groups in total. The van der Waals surface area contributed by atoms with Crippen molar-refractivity contribution in [3.05, 3.63) is 0 Å². The van der Waals surface area contributed by atoms with E-state index in [4.69, 9.17) is 5.11 Å². The molecule has 5 nitrogen and oxygen atoms in total. The van der Waals surface area contributed by atoms with Gasteiger partial charge in [0, 0.05) is 6.04 Å². The molecule has 1 amide bonds. The Morgan fingerprint density at radius 3 is 2.06 bits per heavy atom. The number of nitrogens with zero attached hydrogens (tertiary/aromatic N) is 1. The van der Waals surface area contributed by atoms with Crippen molar-refractivity contribution in [2.24, 2.45) is 5.92 Å². The number of amides is 1. The number of rotatable bonds is 6. The largest absolute Gasteiger partial charge is 0.480 e. The van der Waals surface area contributed by atoms with Gasteiger partial charge in [0.15, 0.2) is 0 Å². The maximum absolute atomic E-state index is 11.5. The van der Waals surface area contributed by atoms with Crippen molar-refractivity contribution >= 4 is 24.3 Å². The summed E-state index contributed by atoms with van der Waals surface area (Å²) >= 11 is 0. The lowest BCUT2D eigenvalue weighted by atomic mass is 10.1. The number of hydrogen-bond donors (Lipinski definition) is 2. The Morgan fingerprint density at radius 2 is 1.71 bits per heavy atom. The van der Waals surface area contributed by atoms with Crippen molar-refractivity contribution in [1.29, 1.82) is 0 Å². The number of carboxylic acids is 1. The van der Waals surface area contributed by atoms with E-state index in [9.17, 15) is 9.59 Å². The molecule has 6 heteroatoms. The average Bonchev–Trinajstić information content (AvgIpc) is 2.15. The highest BCUT2D eigenvalue weighted by molar-refractivity contribution is 5.85. The van der Waals surface area contributed by atoms with Crippen molar-refractivity contribution in [1.82, 2.24) is 10.2 Å². The van der Waals surface area contributed by atoms with Gasteiger partial charge in [0.05, 0.1) is 6.54 Å².